The zero-order valence-corrected chi connectivity index (χ0v) is 12.5. The number of nitrogens with zero attached hydrogens (tertiary/aromatic N) is 2. The molecule has 1 N–H and O–H groups in total. The summed E-state index contributed by atoms with van der Waals surface area (Å²) in [5.41, 5.74) is 1.15. The molecular formula is C14H18FN3OS. The number of ether oxygens (including phenoxy) is 1. The van der Waals surface area contributed by atoms with Crippen LogP contribution in [0.25, 0.3) is 10.6 Å². The van der Waals surface area contributed by atoms with Crippen LogP contribution >= 0.6 is 11.3 Å². The van der Waals surface area contributed by atoms with Crippen molar-refractivity contribution >= 4 is 11.3 Å². The van der Waals surface area contributed by atoms with E-state index >= 15 is 0 Å². The van der Waals surface area contributed by atoms with E-state index in [-0.39, 0.29) is 5.82 Å². The molecule has 1 aromatic heterocycles. The van der Waals surface area contributed by atoms with Crippen LogP contribution in [-0.4, -0.2) is 37.0 Å². The second-order valence-corrected chi connectivity index (χ2v) is 5.49. The Hall–Kier alpha value is -1.37. The molecule has 0 spiro atoms. The third-order valence-corrected chi connectivity index (χ3v) is 3.90. The predicted octanol–water partition coefficient (Wildman–Crippen LogP) is 2.43. The van der Waals surface area contributed by atoms with E-state index in [4.69, 9.17) is 4.74 Å². The van der Waals surface area contributed by atoms with Gasteiger partial charge >= 0.3 is 0 Å². The first-order valence-electron chi connectivity index (χ1n) is 6.50. The minimum absolute atomic E-state index is 0.214. The zero-order chi connectivity index (χ0) is 14.4. The fourth-order valence-corrected chi connectivity index (χ4v) is 2.63. The van der Waals surface area contributed by atoms with Gasteiger partial charge in [0.25, 0.3) is 0 Å². The van der Waals surface area contributed by atoms with Crippen molar-refractivity contribution in [3.63, 3.8) is 0 Å². The van der Waals surface area contributed by atoms with Crippen molar-refractivity contribution < 1.29 is 9.13 Å². The van der Waals surface area contributed by atoms with Gasteiger partial charge in [-0.3, -0.25) is 0 Å². The molecule has 1 heterocycles. The maximum Gasteiger partial charge on any atom is 0.150 e. The molecule has 20 heavy (non-hydrogen) atoms. The number of rotatable bonds is 7. The molecule has 0 aliphatic heterocycles. The summed E-state index contributed by atoms with van der Waals surface area (Å²) < 4.78 is 19.0. The number of halogens is 1. The van der Waals surface area contributed by atoms with Gasteiger partial charge in [-0.15, -0.1) is 10.2 Å². The second kappa shape index (κ2) is 7.42. The molecule has 6 heteroatoms. The molecule has 0 atom stereocenters. The van der Waals surface area contributed by atoms with Crippen molar-refractivity contribution in [2.24, 2.45) is 0 Å². The molecule has 0 bridgehead atoms. The maximum atomic E-state index is 14.0. The molecule has 0 aliphatic rings. The van der Waals surface area contributed by atoms with Gasteiger partial charge in [-0.1, -0.05) is 23.5 Å². The van der Waals surface area contributed by atoms with E-state index in [1.54, 1.807) is 26.2 Å². The minimum Gasteiger partial charge on any atom is -0.383 e. The molecular weight excluding hydrogens is 277 g/mol. The standard InChI is InChI=1S/C14H18FN3OS/c1-10-4-3-5-11(13(10)15)14-18-17-12(20-14)6-7-16-8-9-19-2/h3-5,16H,6-9H2,1-2H3. The van der Waals surface area contributed by atoms with Crippen LogP contribution in [-0.2, 0) is 11.2 Å². The van der Waals surface area contributed by atoms with Gasteiger partial charge in [-0.25, -0.2) is 4.39 Å². The van der Waals surface area contributed by atoms with E-state index in [1.807, 2.05) is 6.07 Å². The largest absolute Gasteiger partial charge is 0.383 e. The first kappa shape index (κ1) is 15.0. The minimum atomic E-state index is -0.214. The lowest BCUT2D eigenvalue weighted by molar-refractivity contribution is 0.199. The van der Waals surface area contributed by atoms with Crippen molar-refractivity contribution in [1.82, 2.24) is 15.5 Å². The Balaban J connectivity index is 1.97. The maximum absolute atomic E-state index is 14.0. The van der Waals surface area contributed by atoms with E-state index in [2.05, 4.69) is 15.5 Å². The Kier molecular flexibility index (Phi) is 5.58. The van der Waals surface area contributed by atoms with Crippen LogP contribution in [0, 0.1) is 12.7 Å². The molecule has 2 aromatic rings. The Bertz CT molecular complexity index is 559. The summed E-state index contributed by atoms with van der Waals surface area (Å²) in [6, 6.07) is 5.32. The van der Waals surface area contributed by atoms with Gasteiger partial charge in [-0.05, 0) is 18.6 Å². The third kappa shape index (κ3) is 3.82. The zero-order valence-electron chi connectivity index (χ0n) is 11.6. The average molecular weight is 295 g/mol. The van der Waals surface area contributed by atoms with E-state index in [0.29, 0.717) is 22.7 Å². The fraction of sp³-hybridized carbons (Fsp3) is 0.429. The van der Waals surface area contributed by atoms with Crippen LogP contribution in [0.4, 0.5) is 4.39 Å². The van der Waals surface area contributed by atoms with Crippen molar-refractivity contribution in [1.29, 1.82) is 0 Å². The van der Waals surface area contributed by atoms with Gasteiger partial charge in [-0.2, -0.15) is 0 Å². The quantitative estimate of drug-likeness (QED) is 0.797. The molecule has 0 aliphatic carbocycles. The van der Waals surface area contributed by atoms with Gasteiger partial charge in [0.05, 0.1) is 6.61 Å². The topological polar surface area (TPSA) is 47.0 Å². The van der Waals surface area contributed by atoms with E-state index in [0.717, 1.165) is 24.5 Å². The smallest absolute Gasteiger partial charge is 0.150 e. The van der Waals surface area contributed by atoms with Crippen molar-refractivity contribution in [3.8, 4) is 10.6 Å². The molecule has 4 nitrogen and oxygen atoms in total. The number of aromatic nitrogens is 2. The fourth-order valence-electron chi connectivity index (χ4n) is 1.77. The summed E-state index contributed by atoms with van der Waals surface area (Å²) >= 11 is 1.44. The summed E-state index contributed by atoms with van der Waals surface area (Å²) in [5.74, 6) is -0.214. The number of hydrogen-bond acceptors (Lipinski definition) is 5. The summed E-state index contributed by atoms with van der Waals surface area (Å²) in [7, 11) is 1.68. The highest BCUT2D eigenvalue weighted by atomic mass is 32.1. The van der Waals surface area contributed by atoms with Crippen molar-refractivity contribution in [2.75, 3.05) is 26.8 Å². The van der Waals surface area contributed by atoms with Gasteiger partial charge in [0.2, 0.25) is 0 Å². The van der Waals surface area contributed by atoms with E-state index < -0.39 is 0 Å². The van der Waals surface area contributed by atoms with Crippen molar-refractivity contribution in [2.45, 2.75) is 13.3 Å². The molecule has 108 valence electrons. The molecule has 0 saturated carbocycles. The van der Waals surface area contributed by atoms with Crippen LogP contribution < -0.4 is 5.32 Å². The number of nitrogens with one attached hydrogen (secondary N) is 1. The number of hydrogen-bond donors (Lipinski definition) is 1. The normalized spacial score (nSPS) is 10.9. The van der Waals surface area contributed by atoms with Gasteiger partial charge in [0.1, 0.15) is 10.8 Å². The van der Waals surface area contributed by atoms with Gasteiger partial charge in [0.15, 0.2) is 5.01 Å². The average Bonchev–Trinajstić information content (AvgIpc) is 2.90. The lowest BCUT2D eigenvalue weighted by Gasteiger charge is -2.01. The third-order valence-electron chi connectivity index (χ3n) is 2.89. The summed E-state index contributed by atoms with van der Waals surface area (Å²) in [4.78, 5) is 0. The molecule has 0 radical (unpaired) electrons. The highest BCUT2D eigenvalue weighted by Crippen LogP contribution is 2.27. The second-order valence-electron chi connectivity index (χ2n) is 4.43. The predicted molar refractivity (Wildman–Crippen MR) is 78.5 cm³/mol. The van der Waals surface area contributed by atoms with Crippen LogP contribution in [0.5, 0.6) is 0 Å². The Morgan fingerprint density at radius 2 is 2.15 bits per heavy atom. The molecule has 0 fully saturated rings. The van der Waals surface area contributed by atoms with E-state index in [9.17, 15) is 4.39 Å². The highest BCUT2D eigenvalue weighted by Gasteiger charge is 2.12. The molecule has 2 rings (SSSR count). The van der Waals surface area contributed by atoms with E-state index in [1.165, 1.54) is 11.3 Å². The van der Waals surface area contributed by atoms with Crippen molar-refractivity contribution in [3.05, 3.63) is 34.6 Å². The van der Waals surface area contributed by atoms with Crippen LogP contribution in [0.15, 0.2) is 18.2 Å². The summed E-state index contributed by atoms with van der Waals surface area (Å²) in [6.45, 7) is 4.07. The van der Waals surface area contributed by atoms with Gasteiger partial charge < -0.3 is 10.1 Å². The molecule has 1 aromatic carbocycles. The lowest BCUT2D eigenvalue weighted by atomic mass is 10.1. The van der Waals surface area contributed by atoms with Crippen LogP contribution in [0.2, 0.25) is 0 Å². The molecule has 0 amide bonds. The van der Waals surface area contributed by atoms with Gasteiger partial charge in [0, 0.05) is 32.2 Å². The highest BCUT2D eigenvalue weighted by molar-refractivity contribution is 7.14. The Morgan fingerprint density at radius 1 is 1.30 bits per heavy atom. The molecule has 0 unspecified atom stereocenters. The number of methoxy groups -OCH3 is 1. The lowest BCUT2D eigenvalue weighted by Crippen LogP contribution is -2.21. The Labute approximate surface area is 122 Å². The summed E-state index contributed by atoms with van der Waals surface area (Å²) in [5, 5.41) is 13.0. The first-order valence-corrected chi connectivity index (χ1v) is 7.31. The van der Waals surface area contributed by atoms with Crippen LogP contribution in [0.3, 0.4) is 0 Å². The van der Waals surface area contributed by atoms with Crippen LogP contribution in [0.1, 0.15) is 10.6 Å². The summed E-state index contributed by atoms with van der Waals surface area (Å²) in [6.07, 6.45) is 0.787. The molecule has 0 saturated heterocycles. The SMILES string of the molecule is COCCNCCc1nnc(-c2cccc(C)c2F)s1. The number of aryl methyl sites for hydroxylation is 1. The number of benzene rings is 1. The monoisotopic (exact) mass is 295 g/mol. The first-order chi connectivity index (χ1) is 9.72. The Morgan fingerprint density at radius 3 is 2.95 bits per heavy atom.